The molecule has 0 saturated carbocycles. The maximum Gasteiger partial charge on any atom is 0.274 e. The summed E-state index contributed by atoms with van der Waals surface area (Å²) in [5, 5.41) is 13.7. The van der Waals surface area contributed by atoms with Crippen molar-refractivity contribution in [3.8, 4) is 5.75 Å². The number of nitrogens with one attached hydrogen (secondary N) is 1. The van der Waals surface area contributed by atoms with Gasteiger partial charge in [-0.3, -0.25) is 10.1 Å². The second kappa shape index (κ2) is 6.79. The first-order chi connectivity index (χ1) is 9.69. The van der Waals surface area contributed by atoms with Crippen molar-refractivity contribution in [1.82, 2.24) is 10.2 Å². The molecule has 1 N–H and O–H groups in total. The maximum absolute atomic E-state index is 10.6. The fraction of sp³-hybridized carbons (Fsp3) is 0.429. The van der Waals surface area contributed by atoms with Gasteiger partial charge in [-0.1, -0.05) is 12.1 Å². The van der Waals surface area contributed by atoms with Crippen LogP contribution in [0.25, 0.3) is 0 Å². The summed E-state index contributed by atoms with van der Waals surface area (Å²) >= 11 is 0. The molecular formula is C14H19N3O3. The van der Waals surface area contributed by atoms with Crippen LogP contribution in [0.4, 0.5) is 0 Å². The molecule has 1 aliphatic heterocycles. The average Bonchev–Trinajstić information content (AvgIpc) is 2.43. The fourth-order valence-corrected chi connectivity index (χ4v) is 2.19. The van der Waals surface area contributed by atoms with E-state index in [4.69, 9.17) is 4.74 Å². The van der Waals surface area contributed by atoms with Crippen molar-refractivity contribution < 1.29 is 9.66 Å². The molecule has 6 nitrogen and oxygen atoms in total. The predicted octanol–water partition coefficient (Wildman–Crippen LogP) is 1.96. The summed E-state index contributed by atoms with van der Waals surface area (Å²) < 4.78 is 5.40. The standard InChI is InChI=1S/C14H19N3O3/c1-2-20-13-6-4-12(5-7-13)10-16-9-3-8-15-14(16)11-17(18)19/h4-7,11,15H,2-3,8-10H2,1H3. The van der Waals surface area contributed by atoms with Gasteiger partial charge in [0.2, 0.25) is 0 Å². The molecule has 1 aromatic rings. The van der Waals surface area contributed by atoms with Crippen LogP contribution in [0.15, 0.2) is 36.3 Å². The van der Waals surface area contributed by atoms with E-state index in [1.807, 2.05) is 36.1 Å². The molecule has 0 unspecified atom stereocenters. The molecule has 1 fully saturated rings. The van der Waals surface area contributed by atoms with Gasteiger partial charge >= 0.3 is 0 Å². The lowest BCUT2D eigenvalue weighted by atomic mass is 10.2. The zero-order valence-corrected chi connectivity index (χ0v) is 11.5. The number of nitrogens with zero attached hydrogens (tertiary/aromatic N) is 2. The second-order valence-corrected chi connectivity index (χ2v) is 4.58. The molecule has 2 rings (SSSR count). The molecule has 1 saturated heterocycles. The minimum Gasteiger partial charge on any atom is -0.494 e. The van der Waals surface area contributed by atoms with E-state index in [0.29, 0.717) is 19.0 Å². The lowest BCUT2D eigenvalue weighted by Gasteiger charge is -2.30. The normalized spacial score (nSPS) is 16.9. The maximum atomic E-state index is 10.6. The molecule has 0 radical (unpaired) electrons. The molecule has 1 heterocycles. The number of benzene rings is 1. The molecule has 0 aromatic heterocycles. The fourth-order valence-electron chi connectivity index (χ4n) is 2.19. The summed E-state index contributed by atoms with van der Waals surface area (Å²) in [6.07, 6.45) is 2.01. The van der Waals surface area contributed by atoms with Crippen LogP contribution in [0.5, 0.6) is 5.75 Å². The number of ether oxygens (including phenoxy) is 1. The van der Waals surface area contributed by atoms with E-state index in [9.17, 15) is 10.1 Å². The van der Waals surface area contributed by atoms with Crippen molar-refractivity contribution in [3.63, 3.8) is 0 Å². The van der Waals surface area contributed by atoms with Crippen LogP contribution >= 0.6 is 0 Å². The van der Waals surface area contributed by atoms with Gasteiger partial charge in [0.1, 0.15) is 5.75 Å². The van der Waals surface area contributed by atoms with Gasteiger partial charge in [0.15, 0.2) is 5.82 Å². The van der Waals surface area contributed by atoms with Crippen LogP contribution in [0.3, 0.4) is 0 Å². The lowest BCUT2D eigenvalue weighted by molar-refractivity contribution is -0.405. The molecule has 1 aromatic carbocycles. The third-order valence-electron chi connectivity index (χ3n) is 3.09. The molecule has 0 amide bonds. The number of hydrogen-bond donors (Lipinski definition) is 1. The topological polar surface area (TPSA) is 67.6 Å². The lowest BCUT2D eigenvalue weighted by Crippen LogP contribution is -2.39. The largest absolute Gasteiger partial charge is 0.494 e. The molecule has 6 heteroatoms. The Labute approximate surface area is 118 Å². The summed E-state index contributed by atoms with van der Waals surface area (Å²) in [6.45, 7) is 4.84. The highest BCUT2D eigenvalue weighted by molar-refractivity contribution is 5.27. The van der Waals surface area contributed by atoms with Crippen LogP contribution in [-0.2, 0) is 6.54 Å². The molecular weight excluding hydrogens is 258 g/mol. The van der Waals surface area contributed by atoms with Gasteiger partial charge in [-0.25, -0.2) is 0 Å². The number of nitro groups is 1. The zero-order valence-electron chi connectivity index (χ0n) is 11.5. The Balaban J connectivity index is 2.04. The first-order valence-electron chi connectivity index (χ1n) is 6.75. The van der Waals surface area contributed by atoms with Gasteiger partial charge in [0.25, 0.3) is 6.20 Å². The Morgan fingerprint density at radius 3 is 2.85 bits per heavy atom. The Kier molecular flexibility index (Phi) is 4.81. The summed E-state index contributed by atoms with van der Waals surface area (Å²) in [7, 11) is 0. The van der Waals surface area contributed by atoms with Gasteiger partial charge in [0, 0.05) is 19.6 Å². The quantitative estimate of drug-likeness (QED) is 0.658. The van der Waals surface area contributed by atoms with Gasteiger partial charge in [0.05, 0.1) is 11.5 Å². The molecule has 108 valence electrons. The Bertz CT molecular complexity index is 485. The highest BCUT2D eigenvalue weighted by atomic mass is 16.6. The summed E-state index contributed by atoms with van der Waals surface area (Å²) in [4.78, 5) is 12.2. The van der Waals surface area contributed by atoms with Crippen molar-refractivity contribution in [3.05, 3.63) is 52.0 Å². The van der Waals surface area contributed by atoms with Crippen molar-refractivity contribution in [1.29, 1.82) is 0 Å². The second-order valence-electron chi connectivity index (χ2n) is 4.58. The predicted molar refractivity (Wildman–Crippen MR) is 75.7 cm³/mol. The monoisotopic (exact) mass is 277 g/mol. The van der Waals surface area contributed by atoms with E-state index in [0.717, 1.165) is 37.0 Å². The number of rotatable bonds is 5. The van der Waals surface area contributed by atoms with Gasteiger partial charge in [-0.05, 0) is 31.0 Å². The van der Waals surface area contributed by atoms with E-state index < -0.39 is 4.92 Å². The van der Waals surface area contributed by atoms with Crippen molar-refractivity contribution in [2.45, 2.75) is 19.9 Å². The SMILES string of the molecule is CCOc1ccc(CN2CCCNC2=C[N+](=O)[O-])cc1. The summed E-state index contributed by atoms with van der Waals surface area (Å²) in [5.41, 5.74) is 1.10. The molecule has 0 spiro atoms. The van der Waals surface area contributed by atoms with Crippen LogP contribution in [0.1, 0.15) is 18.9 Å². The number of hydrogen-bond acceptors (Lipinski definition) is 5. The van der Waals surface area contributed by atoms with Crippen LogP contribution in [0.2, 0.25) is 0 Å². The summed E-state index contributed by atoms with van der Waals surface area (Å²) in [5.74, 6) is 1.42. The Hall–Kier alpha value is -2.24. The first-order valence-corrected chi connectivity index (χ1v) is 6.75. The third kappa shape index (κ3) is 3.88. The van der Waals surface area contributed by atoms with Crippen molar-refractivity contribution >= 4 is 0 Å². The van der Waals surface area contributed by atoms with Gasteiger partial charge < -0.3 is 15.0 Å². The Morgan fingerprint density at radius 1 is 1.45 bits per heavy atom. The van der Waals surface area contributed by atoms with Crippen LogP contribution in [-0.4, -0.2) is 29.5 Å². The van der Waals surface area contributed by atoms with E-state index in [1.54, 1.807) is 0 Å². The molecule has 0 bridgehead atoms. The molecule has 0 atom stereocenters. The molecule has 20 heavy (non-hydrogen) atoms. The van der Waals surface area contributed by atoms with Gasteiger partial charge in [-0.15, -0.1) is 0 Å². The van der Waals surface area contributed by atoms with Crippen LogP contribution < -0.4 is 10.1 Å². The van der Waals surface area contributed by atoms with E-state index in [-0.39, 0.29) is 0 Å². The van der Waals surface area contributed by atoms with Crippen LogP contribution in [0, 0.1) is 10.1 Å². The smallest absolute Gasteiger partial charge is 0.274 e. The highest BCUT2D eigenvalue weighted by Gasteiger charge is 2.17. The summed E-state index contributed by atoms with van der Waals surface area (Å²) in [6, 6.07) is 7.83. The van der Waals surface area contributed by atoms with E-state index in [2.05, 4.69) is 5.32 Å². The average molecular weight is 277 g/mol. The molecule has 0 aliphatic carbocycles. The minimum atomic E-state index is -0.418. The van der Waals surface area contributed by atoms with Gasteiger partial charge in [-0.2, -0.15) is 0 Å². The van der Waals surface area contributed by atoms with E-state index >= 15 is 0 Å². The minimum absolute atomic E-state index is 0.418. The Morgan fingerprint density at radius 2 is 2.20 bits per heavy atom. The molecule has 1 aliphatic rings. The zero-order chi connectivity index (χ0) is 14.4. The third-order valence-corrected chi connectivity index (χ3v) is 3.09. The highest BCUT2D eigenvalue weighted by Crippen LogP contribution is 2.17. The first kappa shape index (κ1) is 14.2. The van der Waals surface area contributed by atoms with Crippen molar-refractivity contribution in [2.75, 3.05) is 19.7 Å². The van der Waals surface area contributed by atoms with Crippen molar-refractivity contribution in [2.24, 2.45) is 0 Å². The van der Waals surface area contributed by atoms with E-state index in [1.165, 1.54) is 0 Å².